The Morgan fingerprint density at radius 2 is 1.71 bits per heavy atom. The average Bonchev–Trinajstić information content (AvgIpc) is 3.06. The number of ether oxygens (including phenoxy) is 2. The van der Waals surface area contributed by atoms with Gasteiger partial charge in [-0.2, -0.15) is 4.98 Å². The number of sulfonamides is 1. The van der Waals surface area contributed by atoms with Gasteiger partial charge in [0.25, 0.3) is 0 Å². The zero-order chi connectivity index (χ0) is 35.3. The van der Waals surface area contributed by atoms with Gasteiger partial charge in [0.05, 0.1) is 42.5 Å². The summed E-state index contributed by atoms with van der Waals surface area (Å²) in [5, 5.41) is 6.67. The van der Waals surface area contributed by atoms with E-state index in [-0.39, 0.29) is 16.9 Å². The molecule has 0 atom stereocenters. The summed E-state index contributed by atoms with van der Waals surface area (Å²) in [6.45, 7) is 10.6. The molecule has 2 aromatic carbocycles. The number of hydrogen-bond donors (Lipinski definition) is 2. The largest absolute Gasteiger partial charge is 0.494 e. The molecule has 2 saturated heterocycles. The van der Waals surface area contributed by atoms with Crippen molar-refractivity contribution in [1.82, 2.24) is 14.9 Å². The zero-order valence-corrected chi connectivity index (χ0v) is 30.8. The number of anilines is 6. The quantitative estimate of drug-likeness (QED) is 0.218. The molecule has 12 nitrogen and oxygen atoms in total. The highest BCUT2D eigenvalue weighted by Gasteiger charge is 2.30. The van der Waals surface area contributed by atoms with E-state index in [0.29, 0.717) is 40.5 Å². The van der Waals surface area contributed by atoms with Crippen molar-refractivity contribution in [3.8, 4) is 5.75 Å². The van der Waals surface area contributed by atoms with Crippen molar-refractivity contribution >= 4 is 62.1 Å². The summed E-state index contributed by atoms with van der Waals surface area (Å²) in [5.41, 5.74) is 2.32. The topological polar surface area (TPSA) is 129 Å². The number of carbonyl (C=O) groups excluding carboxylic acids is 1. The first kappa shape index (κ1) is 36.5. The van der Waals surface area contributed by atoms with Crippen LogP contribution >= 0.6 is 11.6 Å². The Kier molecular flexibility index (Phi) is 11.5. The number of nitrogens with zero attached hydrogens (tertiary/aromatic N) is 5. The first-order valence-corrected chi connectivity index (χ1v) is 18.9. The number of methoxy groups -OCH3 is 1. The number of benzene rings is 2. The molecular weight excluding hydrogens is 666 g/mol. The predicted molar refractivity (Wildman–Crippen MR) is 196 cm³/mol. The molecule has 0 aliphatic carbocycles. The summed E-state index contributed by atoms with van der Waals surface area (Å²) in [4.78, 5) is 26.3. The highest BCUT2D eigenvalue weighted by atomic mass is 35.5. The van der Waals surface area contributed by atoms with Crippen molar-refractivity contribution in [3.63, 3.8) is 0 Å². The molecule has 3 heterocycles. The van der Waals surface area contributed by atoms with Gasteiger partial charge < -0.3 is 29.9 Å². The van der Waals surface area contributed by atoms with E-state index in [1.807, 2.05) is 32.9 Å². The molecule has 0 amide bonds. The maximum absolute atomic E-state index is 12.5. The van der Waals surface area contributed by atoms with E-state index in [1.54, 1.807) is 31.4 Å². The third-order valence-electron chi connectivity index (χ3n) is 8.99. The van der Waals surface area contributed by atoms with E-state index in [0.717, 1.165) is 70.4 Å². The summed E-state index contributed by atoms with van der Waals surface area (Å²) in [6.07, 6.45) is 6.56. The fourth-order valence-corrected chi connectivity index (χ4v) is 6.91. The fraction of sp³-hybridized carbons (Fsp3) is 0.514. The normalized spacial score (nSPS) is 16.7. The molecule has 5 rings (SSSR count). The van der Waals surface area contributed by atoms with Crippen LogP contribution in [0.3, 0.4) is 0 Å². The molecule has 0 bridgehead atoms. The first-order valence-electron chi connectivity index (χ1n) is 16.7. The maximum Gasteiger partial charge on any atom is 0.309 e. The molecule has 2 N–H and O–H groups in total. The van der Waals surface area contributed by atoms with E-state index < -0.39 is 15.6 Å². The third kappa shape index (κ3) is 9.67. The average molecular weight is 714 g/mol. The lowest BCUT2D eigenvalue weighted by atomic mass is 9.92. The number of esters is 1. The fourth-order valence-electron chi connectivity index (χ4n) is 6.25. The molecule has 2 aliphatic heterocycles. The number of rotatable bonds is 11. The van der Waals surface area contributed by atoms with Gasteiger partial charge in [0.2, 0.25) is 16.0 Å². The lowest BCUT2D eigenvalue weighted by Gasteiger charge is -2.38. The molecule has 0 saturated carbocycles. The number of hydrogen-bond acceptors (Lipinski definition) is 11. The Balaban J connectivity index is 1.17. The van der Waals surface area contributed by atoms with Crippen LogP contribution < -0.4 is 24.6 Å². The highest BCUT2D eigenvalue weighted by molar-refractivity contribution is 7.92. The number of carbonyl (C=O) groups is 1. The second-order valence-electron chi connectivity index (χ2n) is 13.8. The van der Waals surface area contributed by atoms with E-state index >= 15 is 0 Å². The van der Waals surface area contributed by atoms with Gasteiger partial charge in [0.15, 0.2) is 5.82 Å². The van der Waals surface area contributed by atoms with Gasteiger partial charge in [-0.15, -0.1) is 0 Å². The Bertz CT molecular complexity index is 1720. The molecule has 0 radical (unpaired) electrons. The summed E-state index contributed by atoms with van der Waals surface area (Å²) in [7, 11) is -0.362. The molecule has 266 valence electrons. The first-order chi connectivity index (χ1) is 23.2. The number of nitrogens with one attached hydrogen (secondary N) is 2. The third-order valence-corrected chi connectivity index (χ3v) is 10.5. The van der Waals surface area contributed by atoms with Gasteiger partial charge in [0.1, 0.15) is 16.4 Å². The Morgan fingerprint density at radius 1 is 1.02 bits per heavy atom. The van der Waals surface area contributed by atoms with Crippen LogP contribution in [0.2, 0.25) is 5.02 Å². The molecule has 14 heteroatoms. The van der Waals surface area contributed by atoms with Gasteiger partial charge in [0, 0.05) is 38.4 Å². The maximum atomic E-state index is 12.5. The SMILES string of the molecule is COc1cc(N2CCC(CN3CCC(C(=O)OC(C)(C)C)CC3)CC2)ccc1Nc1ncc(Cl)c(Nc2ccccc2N(C)S(C)(=O)=O)n1. The van der Waals surface area contributed by atoms with Gasteiger partial charge in [-0.25, -0.2) is 13.4 Å². The van der Waals surface area contributed by atoms with Crippen molar-refractivity contribution in [3.05, 3.63) is 53.7 Å². The van der Waals surface area contributed by atoms with E-state index in [2.05, 4.69) is 36.5 Å². The van der Waals surface area contributed by atoms with E-state index in [4.69, 9.17) is 21.1 Å². The predicted octanol–water partition coefficient (Wildman–Crippen LogP) is 6.29. The minimum absolute atomic E-state index is 0.00763. The van der Waals surface area contributed by atoms with Crippen molar-refractivity contribution in [1.29, 1.82) is 0 Å². The second-order valence-corrected chi connectivity index (χ2v) is 16.2. The van der Waals surface area contributed by atoms with Crippen molar-refractivity contribution in [2.45, 2.75) is 52.1 Å². The van der Waals surface area contributed by atoms with Crippen LogP contribution in [0, 0.1) is 11.8 Å². The van der Waals surface area contributed by atoms with Crippen LogP contribution in [0.4, 0.5) is 34.5 Å². The zero-order valence-electron chi connectivity index (χ0n) is 29.2. The minimum atomic E-state index is -3.48. The standard InChI is InChI=1S/C35H48ClN7O5S/c1-35(2,3)48-33(44)25-15-17-42(18-16-25)23-24-13-19-43(20-14-24)26-11-12-29(31(21-26)47-5)39-34-37-22-27(36)32(40-34)38-28-9-7-8-10-30(28)41(4)49(6,45)46/h7-12,21-22,24-25H,13-20,23H2,1-6H3,(H2,37,38,39,40). The Labute approximate surface area is 295 Å². The summed E-state index contributed by atoms with van der Waals surface area (Å²) >= 11 is 6.44. The lowest BCUT2D eigenvalue weighted by molar-refractivity contribution is -0.161. The summed E-state index contributed by atoms with van der Waals surface area (Å²) in [6, 6.07) is 13.1. The monoisotopic (exact) mass is 713 g/mol. The number of para-hydroxylation sites is 2. The van der Waals surface area contributed by atoms with Gasteiger partial charge in [-0.1, -0.05) is 23.7 Å². The minimum Gasteiger partial charge on any atom is -0.494 e. The Morgan fingerprint density at radius 3 is 2.37 bits per heavy atom. The van der Waals surface area contributed by atoms with Crippen molar-refractivity contribution < 1.29 is 22.7 Å². The Hall–Kier alpha value is -3.81. The lowest BCUT2D eigenvalue weighted by Crippen LogP contribution is -2.43. The molecule has 49 heavy (non-hydrogen) atoms. The number of piperidine rings is 2. The second kappa shape index (κ2) is 15.4. The molecular formula is C35H48ClN7O5S. The highest BCUT2D eigenvalue weighted by Crippen LogP contribution is 2.35. The molecule has 1 aromatic heterocycles. The molecule has 2 fully saturated rings. The number of aromatic nitrogens is 2. The van der Waals surface area contributed by atoms with Crippen molar-refractivity contribution in [2.75, 3.05) is 73.0 Å². The smallest absolute Gasteiger partial charge is 0.309 e. The summed E-state index contributed by atoms with van der Waals surface area (Å²) in [5.74, 6) is 1.84. The molecule has 0 unspecified atom stereocenters. The number of halogens is 1. The summed E-state index contributed by atoms with van der Waals surface area (Å²) < 4.78 is 37.0. The van der Waals surface area contributed by atoms with Crippen LogP contribution in [-0.4, -0.2) is 88.0 Å². The van der Waals surface area contributed by atoms with E-state index in [9.17, 15) is 13.2 Å². The van der Waals surface area contributed by atoms with E-state index in [1.165, 1.54) is 17.5 Å². The van der Waals surface area contributed by atoms with Crippen LogP contribution in [-0.2, 0) is 19.6 Å². The van der Waals surface area contributed by atoms with Crippen LogP contribution in [0.25, 0.3) is 0 Å². The van der Waals surface area contributed by atoms with Gasteiger partial charge in [-0.05, 0) is 89.7 Å². The van der Waals surface area contributed by atoms with Gasteiger partial charge >= 0.3 is 5.97 Å². The number of likely N-dealkylation sites (tertiary alicyclic amines) is 1. The molecule has 2 aliphatic rings. The van der Waals surface area contributed by atoms with Crippen LogP contribution in [0.15, 0.2) is 48.7 Å². The molecule has 0 spiro atoms. The molecule has 3 aromatic rings. The van der Waals surface area contributed by atoms with Crippen molar-refractivity contribution in [2.24, 2.45) is 11.8 Å². The van der Waals surface area contributed by atoms with Crippen LogP contribution in [0.5, 0.6) is 5.75 Å². The van der Waals surface area contributed by atoms with Gasteiger partial charge in [-0.3, -0.25) is 9.10 Å². The van der Waals surface area contributed by atoms with Crippen LogP contribution in [0.1, 0.15) is 46.5 Å².